The van der Waals surface area contributed by atoms with Crippen LogP contribution in [0.2, 0.25) is 0 Å². The molecule has 1 aliphatic heterocycles. The fourth-order valence-corrected chi connectivity index (χ4v) is 5.34. The Bertz CT molecular complexity index is 1620. The Morgan fingerprint density at radius 3 is 2.29 bits per heavy atom. The fraction of sp³-hybridized carbons (Fsp3) is 0.243. The van der Waals surface area contributed by atoms with E-state index in [0.29, 0.717) is 41.7 Å². The zero-order valence-electron chi connectivity index (χ0n) is 25.6. The van der Waals surface area contributed by atoms with Crippen molar-refractivity contribution in [1.29, 1.82) is 0 Å². The number of amides is 1. The topological polar surface area (TPSA) is 98.6 Å². The molecule has 0 saturated heterocycles. The van der Waals surface area contributed by atoms with Gasteiger partial charge in [-0.1, -0.05) is 66.7 Å². The molecule has 0 spiro atoms. The molecule has 0 aromatic heterocycles. The van der Waals surface area contributed by atoms with Crippen LogP contribution < -0.4 is 19.5 Å². The highest BCUT2D eigenvalue weighted by Crippen LogP contribution is 2.43. The van der Waals surface area contributed by atoms with Crippen molar-refractivity contribution in [3.8, 4) is 28.4 Å². The SMILES string of the molecule is C=CC[C@@]1(C(=O)NCc2ccc(OC)c(OC)c2)N=C(c2ccc(OCCCO)cc2)O[C@@H]1c1ccc(-c2ccccc2)cc1. The number of carbonyl (C=O) groups excluding carboxylic acids is 1. The van der Waals surface area contributed by atoms with Crippen molar-refractivity contribution in [2.45, 2.75) is 31.0 Å². The van der Waals surface area contributed by atoms with Crippen molar-refractivity contribution in [3.63, 3.8) is 0 Å². The molecular formula is C37H38N2O6. The van der Waals surface area contributed by atoms with Gasteiger partial charge in [0.2, 0.25) is 5.90 Å². The van der Waals surface area contributed by atoms with Crippen molar-refractivity contribution >= 4 is 11.8 Å². The van der Waals surface area contributed by atoms with E-state index < -0.39 is 11.6 Å². The van der Waals surface area contributed by atoms with Gasteiger partial charge in [-0.25, -0.2) is 4.99 Å². The summed E-state index contributed by atoms with van der Waals surface area (Å²) in [4.78, 5) is 19.2. The number of ether oxygens (including phenoxy) is 4. The molecular weight excluding hydrogens is 568 g/mol. The lowest BCUT2D eigenvalue weighted by Gasteiger charge is -2.30. The molecule has 0 bridgehead atoms. The molecule has 0 radical (unpaired) electrons. The second kappa shape index (κ2) is 14.6. The molecule has 2 atom stereocenters. The van der Waals surface area contributed by atoms with Gasteiger partial charge in [0.05, 0.1) is 20.8 Å². The zero-order valence-corrected chi connectivity index (χ0v) is 25.6. The third kappa shape index (κ3) is 7.02. The standard InChI is InChI=1S/C37H38N2O6/c1-4-21-37(36(41)38-25-26-11-20-32(42-2)33(24-26)43-3)34(29-14-12-28(13-15-29)27-9-6-5-7-10-27)45-35(39-37)30-16-18-31(19-17-30)44-23-8-22-40/h4-7,9-20,24,34,40H,1,8,21-23,25H2,2-3H3,(H,38,41)/t34-,37-/m1/s1. The summed E-state index contributed by atoms with van der Waals surface area (Å²) in [5.74, 6) is 1.93. The Morgan fingerprint density at radius 1 is 0.933 bits per heavy atom. The smallest absolute Gasteiger partial charge is 0.252 e. The van der Waals surface area contributed by atoms with Crippen LogP contribution in [0.25, 0.3) is 11.1 Å². The zero-order chi connectivity index (χ0) is 31.6. The summed E-state index contributed by atoms with van der Waals surface area (Å²) in [7, 11) is 3.16. The van der Waals surface area contributed by atoms with Gasteiger partial charge in [-0.05, 0) is 58.7 Å². The highest BCUT2D eigenvalue weighted by molar-refractivity contribution is 6.01. The minimum Gasteiger partial charge on any atom is -0.494 e. The number of nitrogens with one attached hydrogen (secondary N) is 1. The lowest BCUT2D eigenvalue weighted by Crippen LogP contribution is -2.47. The van der Waals surface area contributed by atoms with E-state index in [2.05, 4.69) is 24.0 Å². The van der Waals surface area contributed by atoms with Gasteiger partial charge in [0.25, 0.3) is 5.91 Å². The number of aliphatic imine (C=N–C) groups is 1. The van der Waals surface area contributed by atoms with Gasteiger partial charge < -0.3 is 29.4 Å². The number of benzene rings is 4. The van der Waals surface area contributed by atoms with Crippen LogP contribution >= 0.6 is 0 Å². The largest absolute Gasteiger partial charge is 0.494 e. The summed E-state index contributed by atoms with van der Waals surface area (Å²) >= 11 is 0. The van der Waals surface area contributed by atoms with Crippen molar-refractivity contribution in [2.75, 3.05) is 27.4 Å². The number of aliphatic hydroxyl groups excluding tert-OH is 1. The van der Waals surface area contributed by atoms with E-state index in [4.69, 9.17) is 29.0 Å². The Balaban J connectivity index is 1.47. The van der Waals surface area contributed by atoms with E-state index in [9.17, 15) is 4.79 Å². The van der Waals surface area contributed by atoms with Gasteiger partial charge in [0.1, 0.15) is 5.75 Å². The van der Waals surface area contributed by atoms with E-state index in [1.807, 2.05) is 84.9 Å². The molecule has 4 aromatic carbocycles. The van der Waals surface area contributed by atoms with Crippen molar-refractivity contribution in [2.24, 2.45) is 4.99 Å². The summed E-state index contributed by atoms with van der Waals surface area (Å²) in [5, 5.41) is 12.1. The lowest BCUT2D eigenvalue weighted by molar-refractivity contribution is -0.129. The fourth-order valence-electron chi connectivity index (χ4n) is 5.34. The Morgan fingerprint density at radius 2 is 1.62 bits per heavy atom. The number of nitrogens with zero attached hydrogens (tertiary/aromatic N) is 1. The first kappa shape index (κ1) is 31.3. The summed E-state index contributed by atoms with van der Waals surface area (Å²) in [5.41, 5.74) is 3.23. The molecule has 8 nitrogen and oxygen atoms in total. The van der Waals surface area contributed by atoms with Crippen LogP contribution in [0.5, 0.6) is 17.2 Å². The van der Waals surface area contributed by atoms with Crippen LogP contribution in [-0.4, -0.2) is 49.9 Å². The average Bonchev–Trinajstić information content (AvgIpc) is 3.48. The second-order valence-electron chi connectivity index (χ2n) is 10.6. The first-order valence-electron chi connectivity index (χ1n) is 14.9. The number of methoxy groups -OCH3 is 2. The molecule has 1 aliphatic rings. The van der Waals surface area contributed by atoms with Crippen molar-refractivity contribution in [3.05, 3.63) is 126 Å². The minimum absolute atomic E-state index is 0.0654. The van der Waals surface area contributed by atoms with Gasteiger partial charge in [-0.2, -0.15) is 0 Å². The Hall–Kier alpha value is -5.08. The Kier molecular flexibility index (Phi) is 10.2. The van der Waals surface area contributed by atoms with Gasteiger partial charge in [-0.15, -0.1) is 6.58 Å². The molecule has 0 saturated carbocycles. The summed E-state index contributed by atoms with van der Waals surface area (Å²) in [6.07, 6.45) is 1.79. The maximum Gasteiger partial charge on any atom is 0.252 e. The molecule has 45 heavy (non-hydrogen) atoms. The van der Waals surface area contributed by atoms with Gasteiger partial charge >= 0.3 is 0 Å². The van der Waals surface area contributed by atoms with Crippen LogP contribution in [-0.2, 0) is 16.1 Å². The maximum atomic E-state index is 14.2. The van der Waals surface area contributed by atoms with Crippen LogP contribution in [0, 0.1) is 0 Å². The summed E-state index contributed by atoms with van der Waals surface area (Å²) in [6, 6.07) is 31.0. The van der Waals surface area contributed by atoms with E-state index in [1.165, 1.54) is 0 Å². The first-order chi connectivity index (χ1) is 22.0. The third-order valence-electron chi connectivity index (χ3n) is 7.71. The van der Waals surface area contributed by atoms with Gasteiger partial charge in [0, 0.05) is 31.6 Å². The number of aliphatic hydroxyl groups is 1. The highest BCUT2D eigenvalue weighted by atomic mass is 16.5. The number of hydrogen-bond donors (Lipinski definition) is 2. The van der Waals surface area contributed by atoms with Crippen molar-refractivity contribution < 1.29 is 28.8 Å². The maximum absolute atomic E-state index is 14.2. The normalized spacial score (nSPS) is 17.1. The van der Waals surface area contributed by atoms with Crippen LogP contribution in [0.4, 0.5) is 0 Å². The van der Waals surface area contributed by atoms with E-state index in [0.717, 1.165) is 22.3 Å². The van der Waals surface area contributed by atoms with Crippen LogP contribution in [0.15, 0.2) is 115 Å². The molecule has 8 heteroatoms. The minimum atomic E-state index is -1.31. The molecule has 1 amide bonds. The number of hydrogen-bond acceptors (Lipinski definition) is 7. The van der Waals surface area contributed by atoms with Crippen molar-refractivity contribution in [1.82, 2.24) is 5.32 Å². The number of rotatable bonds is 14. The molecule has 232 valence electrons. The third-order valence-corrected chi connectivity index (χ3v) is 7.71. The molecule has 0 aliphatic carbocycles. The number of carbonyl (C=O) groups is 1. The van der Waals surface area contributed by atoms with Crippen LogP contribution in [0.1, 0.15) is 35.6 Å². The average molecular weight is 607 g/mol. The van der Waals surface area contributed by atoms with Gasteiger partial charge in [-0.3, -0.25) is 4.79 Å². The molecule has 0 fully saturated rings. The molecule has 4 aromatic rings. The first-order valence-corrected chi connectivity index (χ1v) is 14.9. The van der Waals surface area contributed by atoms with E-state index in [-0.39, 0.29) is 25.5 Å². The summed E-state index contributed by atoms with van der Waals surface area (Å²) in [6.45, 7) is 4.70. The molecule has 0 unspecified atom stereocenters. The lowest BCUT2D eigenvalue weighted by atomic mass is 9.84. The predicted molar refractivity (Wildman–Crippen MR) is 175 cm³/mol. The molecule has 2 N–H and O–H groups in total. The summed E-state index contributed by atoms with van der Waals surface area (Å²) < 4.78 is 23.0. The molecule has 5 rings (SSSR count). The monoisotopic (exact) mass is 606 g/mol. The second-order valence-corrected chi connectivity index (χ2v) is 10.6. The molecule has 1 heterocycles. The highest BCUT2D eigenvalue weighted by Gasteiger charge is 2.52. The van der Waals surface area contributed by atoms with E-state index >= 15 is 0 Å². The predicted octanol–water partition coefficient (Wildman–Crippen LogP) is 6.28. The van der Waals surface area contributed by atoms with E-state index in [1.54, 1.807) is 20.3 Å². The quantitative estimate of drug-likeness (QED) is 0.130. The van der Waals surface area contributed by atoms with Gasteiger partial charge in [0.15, 0.2) is 23.1 Å². The van der Waals surface area contributed by atoms with Crippen LogP contribution in [0.3, 0.4) is 0 Å². The Labute approximate surface area is 264 Å².